The molecule has 4 unspecified atom stereocenters. The van der Waals surface area contributed by atoms with Gasteiger partial charge in [-0.1, -0.05) is 32.0 Å². The summed E-state index contributed by atoms with van der Waals surface area (Å²) in [4.78, 5) is 60.7. The van der Waals surface area contributed by atoms with E-state index in [0.29, 0.717) is 5.69 Å². The van der Waals surface area contributed by atoms with Crippen LogP contribution >= 0.6 is 0 Å². The number of rotatable bonds is 13. The third-order valence-electron chi connectivity index (χ3n) is 6.11. The van der Waals surface area contributed by atoms with E-state index in [-0.39, 0.29) is 12.8 Å². The maximum atomic E-state index is 13.5. The second-order valence-electron chi connectivity index (χ2n) is 9.32. The van der Waals surface area contributed by atoms with Crippen molar-refractivity contribution in [2.45, 2.75) is 50.9 Å². The molecule has 2 aromatic heterocycles. The fourth-order valence-corrected chi connectivity index (χ4v) is 3.96. The van der Waals surface area contributed by atoms with E-state index in [0.717, 1.165) is 16.5 Å². The van der Waals surface area contributed by atoms with Crippen LogP contribution in [0.25, 0.3) is 10.9 Å². The molecule has 0 saturated carbocycles. The molecule has 0 bridgehead atoms. The van der Waals surface area contributed by atoms with Crippen molar-refractivity contribution in [1.82, 2.24) is 30.9 Å². The van der Waals surface area contributed by atoms with E-state index in [1.807, 2.05) is 24.3 Å². The number of nitrogens with zero attached hydrogens (tertiary/aromatic N) is 1. The number of nitrogens with one attached hydrogen (secondary N) is 5. The van der Waals surface area contributed by atoms with Gasteiger partial charge >= 0.3 is 5.97 Å². The molecule has 204 valence electrons. The van der Waals surface area contributed by atoms with Crippen molar-refractivity contribution in [2.75, 3.05) is 6.61 Å². The molecule has 0 aliphatic rings. The van der Waals surface area contributed by atoms with E-state index in [1.165, 1.54) is 12.5 Å². The predicted molar refractivity (Wildman–Crippen MR) is 138 cm³/mol. The summed E-state index contributed by atoms with van der Waals surface area (Å²) in [6, 6.07) is 2.67. The zero-order valence-corrected chi connectivity index (χ0v) is 21.1. The van der Waals surface area contributed by atoms with Gasteiger partial charge in [-0.15, -0.1) is 0 Å². The van der Waals surface area contributed by atoms with Crippen LogP contribution in [0, 0.1) is 5.92 Å². The third kappa shape index (κ3) is 7.17. The minimum Gasteiger partial charge on any atom is -0.480 e. The molecular formula is C25H33N7O6. The highest BCUT2D eigenvalue weighted by Crippen LogP contribution is 2.19. The molecule has 0 fully saturated rings. The quantitative estimate of drug-likeness (QED) is 0.140. The number of carbonyl (C=O) groups is 4. The first-order chi connectivity index (χ1) is 18.1. The molecule has 0 aliphatic carbocycles. The van der Waals surface area contributed by atoms with Crippen LogP contribution in [-0.4, -0.2) is 79.6 Å². The van der Waals surface area contributed by atoms with E-state index in [1.54, 1.807) is 20.0 Å². The molecular weight excluding hydrogens is 494 g/mol. The number of hydrogen-bond donors (Lipinski definition) is 8. The van der Waals surface area contributed by atoms with Gasteiger partial charge in [0.05, 0.1) is 12.9 Å². The maximum Gasteiger partial charge on any atom is 0.326 e. The van der Waals surface area contributed by atoms with Crippen molar-refractivity contribution in [2.24, 2.45) is 11.7 Å². The number of aliphatic hydroxyl groups excluding tert-OH is 1. The smallest absolute Gasteiger partial charge is 0.326 e. The Kier molecular flexibility index (Phi) is 9.57. The number of imidazole rings is 1. The molecule has 3 amide bonds. The SMILES string of the molecule is CC(C)C(NC(=O)C(Cc1cnc[nH]1)NC(=O)C(Cc1c[nH]c2ccccc12)NC(=O)C(N)CO)C(=O)O. The Bertz CT molecular complexity index is 1260. The zero-order valence-electron chi connectivity index (χ0n) is 21.1. The van der Waals surface area contributed by atoms with Crippen molar-refractivity contribution in [3.8, 4) is 0 Å². The molecule has 3 aromatic rings. The minimum absolute atomic E-state index is 0.00802. The highest BCUT2D eigenvalue weighted by molar-refractivity contribution is 5.95. The first-order valence-electron chi connectivity index (χ1n) is 12.1. The number of carbonyl (C=O) groups excluding carboxylic acids is 3. The summed E-state index contributed by atoms with van der Waals surface area (Å²) in [6.07, 6.45) is 4.66. The van der Waals surface area contributed by atoms with Gasteiger partial charge in [-0.3, -0.25) is 14.4 Å². The first kappa shape index (κ1) is 28.3. The number of aliphatic hydroxyl groups is 1. The number of nitrogens with two attached hydrogens (primary N) is 1. The number of aromatic amines is 2. The van der Waals surface area contributed by atoms with Gasteiger partial charge in [0, 0.05) is 41.8 Å². The summed E-state index contributed by atoms with van der Waals surface area (Å²) in [7, 11) is 0. The Balaban J connectivity index is 1.87. The predicted octanol–water partition coefficient (Wildman–Crippen LogP) is -0.809. The van der Waals surface area contributed by atoms with Gasteiger partial charge in [-0.25, -0.2) is 9.78 Å². The summed E-state index contributed by atoms with van der Waals surface area (Å²) in [5.74, 6) is -3.76. The normalized spacial score (nSPS) is 14.4. The lowest BCUT2D eigenvalue weighted by molar-refractivity contribution is -0.143. The van der Waals surface area contributed by atoms with E-state index >= 15 is 0 Å². The monoisotopic (exact) mass is 527 g/mol. The maximum absolute atomic E-state index is 13.5. The average molecular weight is 528 g/mol. The van der Waals surface area contributed by atoms with Crippen LogP contribution in [0.2, 0.25) is 0 Å². The highest BCUT2D eigenvalue weighted by Gasteiger charge is 2.32. The van der Waals surface area contributed by atoms with Gasteiger partial charge in [0.1, 0.15) is 24.2 Å². The van der Waals surface area contributed by atoms with Gasteiger partial charge in [-0.05, 0) is 17.5 Å². The number of hydrogen-bond acceptors (Lipinski definition) is 7. The Morgan fingerprint density at radius 1 is 0.974 bits per heavy atom. The molecule has 9 N–H and O–H groups in total. The topological polar surface area (TPSA) is 215 Å². The van der Waals surface area contributed by atoms with E-state index in [4.69, 9.17) is 5.73 Å². The van der Waals surface area contributed by atoms with E-state index < -0.39 is 60.4 Å². The zero-order chi connectivity index (χ0) is 27.8. The lowest BCUT2D eigenvalue weighted by atomic mass is 10.0. The molecule has 13 heteroatoms. The molecule has 2 heterocycles. The number of H-pyrrole nitrogens is 2. The summed E-state index contributed by atoms with van der Waals surface area (Å²) in [5.41, 5.74) is 7.75. The summed E-state index contributed by atoms with van der Waals surface area (Å²) in [5, 5.41) is 27.3. The molecule has 0 saturated heterocycles. The second kappa shape index (κ2) is 12.8. The Hall–Kier alpha value is -4.23. The van der Waals surface area contributed by atoms with Gasteiger partial charge in [0.15, 0.2) is 0 Å². The number of aliphatic carboxylic acids is 1. The highest BCUT2D eigenvalue weighted by atomic mass is 16.4. The van der Waals surface area contributed by atoms with E-state index in [2.05, 4.69) is 30.9 Å². The average Bonchev–Trinajstić information content (AvgIpc) is 3.55. The van der Waals surface area contributed by atoms with Gasteiger partial charge in [-0.2, -0.15) is 0 Å². The van der Waals surface area contributed by atoms with Crippen LogP contribution < -0.4 is 21.7 Å². The molecule has 4 atom stereocenters. The van der Waals surface area contributed by atoms with Gasteiger partial charge in [0.25, 0.3) is 0 Å². The lowest BCUT2D eigenvalue weighted by Crippen LogP contribution is -2.58. The number of benzene rings is 1. The number of fused-ring (bicyclic) bond motifs is 1. The lowest BCUT2D eigenvalue weighted by Gasteiger charge is -2.25. The fourth-order valence-electron chi connectivity index (χ4n) is 3.96. The Morgan fingerprint density at radius 3 is 2.26 bits per heavy atom. The van der Waals surface area contributed by atoms with E-state index in [9.17, 15) is 29.4 Å². The second-order valence-corrected chi connectivity index (χ2v) is 9.32. The standard InChI is InChI=1S/C25H33N7O6/c1-13(2)21(25(37)38)32-24(36)20(8-15-10-27-12-29-15)31-23(35)19(30-22(34)17(26)11-33)7-14-9-28-18-6-4-3-5-16(14)18/h3-6,9-10,12-13,17,19-21,28,33H,7-8,11,26H2,1-2H3,(H,27,29)(H,30,34)(H,31,35)(H,32,36)(H,37,38). The largest absolute Gasteiger partial charge is 0.480 e. The van der Waals surface area contributed by atoms with Gasteiger partial charge in [0.2, 0.25) is 17.7 Å². The number of para-hydroxylation sites is 1. The molecule has 1 aromatic carbocycles. The summed E-state index contributed by atoms with van der Waals surface area (Å²) >= 11 is 0. The Labute approximate surface area is 218 Å². The van der Waals surface area contributed by atoms with Crippen molar-refractivity contribution >= 4 is 34.6 Å². The van der Waals surface area contributed by atoms with Crippen LogP contribution in [0.3, 0.4) is 0 Å². The third-order valence-corrected chi connectivity index (χ3v) is 6.11. The molecule has 3 rings (SSSR count). The molecule has 0 radical (unpaired) electrons. The van der Waals surface area contributed by atoms with Crippen molar-refractivity contribution < 1.29 is 29.4 Å². The van der Waals surface area contributed by atoms with Crippen LogP contribution in [0.5, 0.6) is 0 Å². The minimum atomic E-state index is -1.25. The molecule has 0 aliphatic heterocycles. The number of carboxylic acids is 1. The summed E-state index contributed by atoms with van der Waals surface area (Å²) in [6.45, 7) is 2.68. The van der Waals surface area contributed by atoms with Crippen LogP contribution in [-0.2, 0) is 32.0 Å². The fraction of sp³-hybridized carbons (Fsp3) is 0.400. The molecule has 13 nitrogen and oxygen atoms in total. The summed E-state index contributed by atoms with van der Waals surface area (Å²) < 4.78 is 0. The van der Waals surface area contributed by atoms with Gasteiger partial charge < -0.3 is 41.9 Å². The van der Waals surface area contributed by atoms with Crippen LogP contribution in [0.4, 0.5) is 0 Å². The molecule has 38 heavy (non-hydrogen) atoms. The van der Waals surface area contributed by atoms with Crippen molar-refractivity contribution in [3.63, 3.8) is 0 Å². The van der Waals surface area contributed by atoms with Crippen molar-refractivity contribution in [1.29, 1.82) is 0 Å². The number of amides is 3. The van der Waals surface area contributed by atoms with Crippen molar-refractivity contribution in [3.05, 3.63) is 54.2 Å². The number of aromatic nitrogens is 3. The van der Waals surface area contributed by atoms with Crippen LogP contribution in [0.15, 0.2) is 43.0 Å². The first-order valence-corrected chi connectivity index (χ1v) is 12.1. The Morgan fingerprint density at radius 2 is 1.63 bits per heavy atom. The van der Waals surface area contributed by atoms with Crippen LogP contribution in [0.1, 0.15) is 25.1 Å². The molecule has 0 spiro atoms. The number of carboxylic acid groups (broad SMARTS) is 1.